The number of halogens is 1. The summed E-state index contributed by atoms with van der Waals surface area (Å²) in [5.41, 5.74) is 0.480. The Morgan fingerprint density at radius 1 is 1.32 bits per heavy atom. The van der Waals surface area contributed by atoms with E-state index in [1.807, 2.05) is 0 Å². The Kier molecular flexibility index (Phi) is 4.00. The van der Waals surface area contributed by atoms with Crippen molar-refractivity contribution >= 4 is 40.8 Å². The van der Waals surface area contributed by atoms with E-state index in [1.54, 1.807) is 30.3 Å². The summed E-state index contributed by atoms with van der Waals surface area (Å²) in [5.74, 6) is 0.548. The van der Waals surface area contributed by atoms with Crippen molar-refractivity contribution in [1.82, 2.24) is 4.98 Å². The second-order valence-electron chi connectivity index (χ2n) is 4.58. The molecule has 1 aromatic carbocycles. The Morgan fingerprint density at radius 2 is 2.09 bits per heavy atom. The van der Waals surface area contributed by atoms with Gasteiger partial charge in [-0.3, -0.25) is 19.8 Å². The number of nitro groups is 1. The van der Waals surface area contributed by atoms with Crippen LogP contribution in [0.5, 0.6) is 0 Å². The molecule has 0 aliphatic carbocycles. The van der Waals surface area contributed by atoms with E-state index < -0.39 is 10.3 Å². The van der Waals surface area contributed by atoms with Crippen LogP contribution in [0.1, 0.15) is 10.9 Å². The summed E-state index contributed by atoms with van der Waals surface area (Å²) < 4.78 is 0. The second kappa shape index (κ2) is 5.94. The zero-order valence-electron chi connectivity index (χ0n) is 11.2. The van der Waals surface area contributed by atoms with E-state index in [0.29, 0.717) is 16.4 Å². The Balaban J connectivity index is 2.05. The average molecular weight is 336 g/mol. The first-order valence-electron chi connectivity index (χ1n) is 6.36. The number of amides is 1. The molecular formula is C14H10ClN3O3S. The van der Waals surface area contributed by atoms with Gasteiger partial charge in [-0.05, 0) is 18.2 Å². The van der Waals surface area contributed by atoms with E-state index in [4.69, 9.17) is 11.6 Å². The van der Waals surface area contributed by atoms with Gasteiger partial charge < -0.3 is 0 Å². The van der Waals surface area contributed by atoms with Gasteiger partial charge in [0.1, 0.15) is 11.2 Å². The largest absolute Gasteiger partial charge is 0.279 e. The third kappa shape index (κ3) is 2.65. The van der Waals surface area contributed by atoms with Crippen molar-refractivity contribution in [1.29, 1.82) is 0 Å². The Morgan fingerprint density at radius 3 is 2.77 bits per heavy atom. The highest BCUT2D eigenvalue weighted by Gasteiger charge is 2.38. The van der Waals surface area contributed by atoms with Gasteiger partial charge in [-0.25, -0.2) is 4.98 Å². The molecule has 22 heavy (non-hydrogen) atoms. The van der Waals surface area contributed by atoms with Crippen LogP contribution in [0.3, 0.4) is 0 Å². The number of anilines is 1. The summed E-state index contributed by atoms with van der Waals surface area (Å²) in [6.45, 7) is 0. The summed E-state index contributed by atoms with van der Waals surface area (Å²) in [6.07, 6.45) is 1.45. The number of aromatic nitrogens is 1. The number of hydrogen-bond acceptors (Lipinski definition) is 5. The fourth-order valence-corrected chi connectivity index (χ4v) is 3.58. The molecule has 1 amide bonds. The first kappa shape index (κ1) is 14.8. The molecule has 0 spiro atoms. The van der Waals surface area contributed by atoms with Crippen LogP contribution in [-0.2, 0) is 4.79 Å². The van der Waals surface area contributed by atoms with E-state index >= 15 is 0 Å². The first-order chi connectivity index (χ1) is 10.6. The van der Waals surface area contributed by atoms with Gasteiger partial charge in [0.25, 0.3) is 5.69 Å². The molecule has 1 atom stereocenters. The van der Waals surface area contributed by atoms with Gasteiger partial charge in [-0.1, -0.05) is 23.7 Å². The molecule has 1 saturated heterocycles. The summed E-state index contributed by atoms with van der Waals surface area (Å²) >= 11 is 7.16. The van der Waals surface area contributed by atoms with Crippen molar-refractivity contribution in [3.63, 3.8) is 0 Å². The Hall–Kier alpha value is -2.12. The number of rotatable bonds is 3. The minimum Gasteiger partial charge on any atom is -0.279 e. The molecule has 1 aromatic heterocycles. The zero-order chi connectivity index (χ0) is 15.7. The monoisotopic (exact) mass is 335 g/mol. The molecule has 1 aliphatic heterocycles. The average Bonchev–Trinajstić information content (AvgIpc) is 2.90. The molecule has 2 aromatic rings. The van der Waals surface area contributed by atoms with Crippen LogP contribution in [0, 0.1) is 10.1 Å². The van der Waals surface area contributed by atoms with Gasteiger partial charge in [0, 0.05) is 12.3 Å². The minimum atomic E-state index is -0.470. The first-order valence-corrected chi connectivity index (χ1v) is 7.79. The third-order valence-corrected chi connectivity index (χ3v) is 4.64. The van der Waals surface area contributed by atoms with Crippen LogP contribution >= 0.6 is 23.4 Å². The highest BCUT2D eigenvalue weighted by Crippen LogP contribution is 2.44. The Labute approximate surface area is 135 Å². The maximum absolute atomic E-state index is 12.2. The molecule has 1 fully saturated rings. The molecule has 2 heterocycles. The lowest BCUT2D eigenvalue weighted by Gasteiger charge is -2.23. The summed E-state index contributed by atoms with van der Waals surface area (Å²) in [4.78, 5) is 28.6. The van der Waals surface area contributed by atoms with E-state index in [-0.39, 0.29) is 17.3 Å². The number of para-hydroxylation sites is 1. The molecule has 0 saturated carbocycles. The fraction of sp³-hybridized carbons (Fsp3) is 0.143. The molecule has 0 radical (unpaired) electrons. The lowest BCUT2D eigenvalue weighted by Crippen LogP contribution is -2.28. The van der Waals surface area contributed by atoms with Crippen LogP contribution < -0.4 is 4.90 Å². The molecule has 3 rings (SSSR count). The summed E-state index contributed by atoms with van der Waals surface area (Å²) in [5, 5.41) is 11.2. The lowest BCUT2D eigenvalue weighted by atomic mass is 10.1. The topological polar surface area (TPSA) is 76.3 Å². The minimum absolute atomic E-state index is 0.00587. The molecule has 1 aliphatic rings. The quantitative estimate of drug-likeness (QED) is 0.634. The van der Waals surface area contributed by atoms with Gasteiger partial charge in [-0.15, -0.1) is 11.8 Å². The molecule has 0 N–H and O–H groups in total. The van der Waals surface area contributed by atoms with E-state index in [2.05, 4.69) is 4.98 Å². The molecule has 0 bridgehead atoms. The van der Waals surface area contributed by atoms with E-state index in [9.17, 15) is 14.9 Å². The molecule has 8 heteroatoms. The van der Waals surface area contributed by atoms with Crippen molar-refractivity contribution < 1.29 is 9.72 Å². The zero-order valence-corrected chi connectivity index (χ0v) is 12.8. The fourth-order valence-electron chi connectivity index (χ4n) is 2.27. The molecule has 6 nitrogen and oxygen atoms in total. The van der Waals surface area contributed by atoms with Crippen LogP contribution in [0.4, 0.5) is 11.5 Å². The van der Waals surface area contributed by atoms with Gasteiger partial charge >= 0.3 is 0 Å². The standard InChI is InChI=1S/C14H10ClN3O3S/c15-9-5-6-12(16-7-9)17-13(19)8-22-14(17)10-3-1-2-4-11(10)18(20)21/h1-7,14H,8H2/t14-/m1/s1. The van der Waals surface area contributed by atoms with Crippen LogP contribution in [-0.4, -0.2) is 21.6 Å². The van der Waals surface area contributed by atoms with Gasteiger partial charge in [0.2, 0.25) is 5.91 Å². The second-order valence-corrected chi connectivity index (χ2v) is 6.08. The maximum Gasteiger partial charge on any atom is 0.275 e. The normalized spacial score (nSPS) is 17.8. The highest BCUT2D eigenvalue weighted by molar-refractivity contribution is 8.00. The van der Waals surface area contributed by atoms with Crippen molar-refractivity contribution in [3.05, 3.63) is 63.3 Å². The van der Waals surface area contributed by atoms with Gasteiger partial charge in [0.15, 0.2) is 0 Å². The lowest BCUT2D eigenvalue weighted by molar-refractivity contribution is -0.385. The van der Waals surface area contributed by atoms with Gasteiger partial charge in [0.05, 0.1) is 21.3 Å². The van der Waals surface area contributed by atoms with Crippen molar-refractivity contribution in [2.24, 2.45) is 0 Å². The number of thioether (sulfide) groups is 1. The van der Waals surface area contributed by atoms with Crippen molar-refractivity contribution in [2.45, 2.75) is 5.37 Å². The van der Waals surface area contributed by atoms with Crippen LogP contribution in [0.15, 0.2) is 42.6 Å². The maximum atomic E-state index is 12.2. The SMILES string of the molecule is O=C1CS[C@H](c2ccccc2[N+](=O)[O-])N1c1ccc(Cl)cn1. The smallest absolute Gasteiger partial charge is 0.275 e. The number of nitro benzene ring substituents is 1. The van der Waals surface area contributed by atoms with Crippen LogP contribution in [0.2, 0.25) is 5.02 Å². The third-order valence-electron chi connectivity index (χ3n) is 3.23. The number of hydrogen-bond donors (Lipinski definition) is 0. The number of carbonyl (C=O) groups is 1. The van der Waals surface area contributed by atoms with Crippen LogP contribution in [0.25, 0.3) is 0 Å². The van der Waals surface area contributed by atoms with E-state index in [1.165, 1.54) is 28.9 Å². The van der Waals surface area contributed by atoms with Gasteiger partial charge in [-0.2, -0.15) is 0 Å². The number of pyridine rings is 1. The molecule has 112 valence electrons. The number of carbonyl (C=O) groups excluding carboxylic acids is 1. The van der Waals surface area contributed by atoms with Crippen molar-refractivity contribution in [3.8, 4) is 0 Å². The van der Waals surface area contributed by atoms with E-state index in [0.717, 1.165) is 0 Å². The molecule has 0 unspecified atom stereocenters. The molecular weight excluding hydrogens is 326 g/mol. The highest BCUT2D eigenvalue weighted by atomic mass is 35.5. The Bertz CT molecular complexity index is 738. The summed E-state index contributed by atoms with van der Waals surface area (Å²) in [7, 11) is 0. The summed E-state index contributed by atoms with van der Waals surface area (Å²) in [6, 6.07) is 9.70. The van der Waals surface area contributed by atoms with Crippen molar-refractivity contribution in [2.75, 3.05) is 10.7 Å². The predicted octanol–water partition coefficient (Wildman–Crippen LogP) is 3.42. The number of nitrogens with zero attached hydrogens (tertiary/aromatic N) is 3. The number of benzene rings is 1. The predicted molar refractivity (Wildman–Crippen MR) is 85.0 cm³/mol.